The number of amides is 1. The third-order valence-corrected chi connectivity index (χ3v) is 5.70. The number of hydrogen-bond donors (Lipinski definition) is 1. The first-order chi connectivity index (χ1) is 12.3. The summed E-state index contributed by atoms with van der Waals surface area (Å²) in [5.74, 6) is 0. The second kappa shape index (κ2) is 7.43. The van der Waals surface area contributed by atoms with Crippen LogP contribution in [0.1, 0.15) is 5.56 Å². The molecule has 0 unspecified atom stereocenters. The van der Waals surface area contributed by atoms with Gasteiger partial charge < -0.3 is 4.74 Å². The first-order valence-corrected chi connectivity index (χ1v) is 10.3. The molecule has 0 aliphatic carbocycles. The monoisotopic (exact) mass is 434 g/mol. The second-order valence-corrected chi connectivity index (χ2v) is 8.46. The standard InChI is InChI=1S/C18H15BrN2O4S/c1-26(23,24)17-9-13-15(7-8-20-16(13)10-14(17)19)21-18(22)25-11-12-5-3-2-4-6-12/h2-10H,11H2,1H3,(H,20,21,22). The highest BCUT2D eigenvalue weighted by molar-refractivity contribution is 9.10. The number of carbonyl (C=O) groups excluding carboxylic acids is 1. The number of pyridine rings is 1. The van der Waals surface area contributed by atoms with Crippen LogP contribution < -0.4 is 5.32 Å². The Hall–Kier alpha value is -2.45. The van der Waals surface area contributed by atoms with Crippen molar-refractivity contribution in [3.05, 3.63) is 64.8 Å². The van der Waals surface area contributed by atoms with Crippen molar-refractivity contribution in [3.8, 4) is 0 Å². The average Bonchev–Trinajstić information content (AvgIpc) is 2.59. The molecule has 0 saturated heterocycles. The van der Waals surface area contributed by atoms with Crippen LogP contribution in [0.2, 0.25) is 0 Å². The minimum Gasteiger partial charge on any atom is -0.444 e. The number of carbonyl (C=O) groups is 1. The third-order valence-electron chi connectivity index (χ3n) is 3.64. The van der Waals surface area contributed by atoms with Crippen LogP contribution in [-0.4, -0.2) is 25.8 Å². The number of sulfone groups is 1. The number of hydrogen-bond acceptors (Lipinski definition) is 5. The molecule has 134 valence electrons. The smallest absolute Gasteiger partial charge is 0.411 e. The molecule has 0 fully saturated rings. The topological polar surface area (TPSA) is 85.4 Å². The van der Waals surface area contributed by atoms with E-state index in [-0.39, 0.29) is 11.5 Å². The van der Waals surface area contributed by atoms with Gasteiger partial charge in [-0.05, 0) is 39.7 Å². The first-order valence-electron chi connectivity index (χ1n) is 7.60. The van der Waals surface area contributed by atoms with Crippen molar-refractivity contribution >= 4 is 48.5 Å². The second-order valence-electron chi connectivity index (χ2n) is 5.62. The van der Waals surface area contributed by atoms with Gasteiger partial charge in [0.05, 0.1) is 16.1 Å². The molecule has 6 nitrogen and oxygen atoms in total. The Kier molecular flexibility index (Phi) is 5.24. The zero-order valence-corrected chi connectivity index (χ0v) is 16.2. The number of rotatable bonds is 4. The summed E-state index contributed by atoms with van der Waals surface area (Å²) in [6.07, 6.45) is 2.02. The summed E-state index contributed by atoms with van der Waals surface area (Å²) in [4.78, 5) is 16.4. The lowest BCUT2D eigenvalue weighted by Gasteiger charge is -2.11. The maximum Gasteiger partial charge on any atom is 0.411 e. The van der Waals surface area contributed by atoms with E-state index in [0.717, 1.165) is 11.8 Å². The molecular formula is C18H15BrN2O4S. The Bertz CT molecular complexity index is 1070. The minimum atomic E-state index is -3.44. The summed E-state index contributed by atoms with van der Waals surface area (Å²) in [6.45, 7) is 0.135. The van der Waals surface area contributed by atoms with Crippen LogP contribution in [0.5, 0.6) is 0 Å². The number of fused-ring (bicyclic) bond motifs is 1. The largest absolute Gasteiger partial charge is 0.444 e. The molecule has 0 spiro atoms. The molecule has 3 rings (SSSR count). The number of ether oxygens (including phenoxy) is 1. The van der Waals surface area contributed by atoms with Gasteiger partial charge in [-0.1, -0.05) is 30.3 Å². The van der Waals surface area contributed by atoms with E-state index in [1.54, 1.807) is 12.1 Å². The van der Waals surface area contributed by atoms with Gasteiger partial charge in [0.25, 0.3) is 0 Å². The molecule has 0 bridgehead atoms. The number of anilines is 1. The van der Waals surface area contributed by atoms with E-state index in [4.69, 9.17) is 4.74 Å². The van der Waals surface area contributed by atoms with Crippen LogP contribution in [0.4, 0.5) is 10.5 Å². The fourth-order valence-corrected chi connectivity index (χ4v) is 4.37. The Balaban J connectivity index is 1.86. The van der Waals surface area contributed by atoms with Crippen molar-refractivity contribution in [2.24, 2.45) is 0 Å². The molecule has 0 aliphatic heterocycles. The fraction of sp³-hybridized carbons (Fsp3) is 0.111. The number of halogens is 1. The van der Waals surface area contributed by atoms with E-state index < -0.39 is 15.9 Å². The summed E-state index contributed by atoms with van der Waals surface area (Å²) in [7, 11) is -3.44. The van der Waals surface area contributed by atoms with Crippen LogP contribution in [0.15, 0.2) is 64.1 Å². The molecule has 0 aliphatic rings. The summed E-state index contributed by atoms with van der Waals surface area (Å²) >= 11 is 3.25. The normalized spacial score (nSPS) is 11.3. The predicted octanol–water partition coefficient (Wildman–Crippen LogP) is 4.15. The minimum absolute atomic E-state index is 0.124. The molecule has 1 amide bonds. The number of nitrogens with zero attached hydrogens (tertiary/aromatic N) is 1. The highest BCUT2D eigenvalue weighted by Gasteiger charge is 2.16. The molecule has 0 saturated carbocycles. The lowest BCUT2D eigenvalue weighted by molar-refractivity contribution is 0.155. The lowest BCUT2D eigenvalue weighted by atomic mass is 10.2. The number of nitrogens with one attached hydrogen (secondary N) is 1. The first kappa shape index (κ1) is 18.3. The van der Waals surface area contributed by atoms with Crippen LogP contribution >= 0.6 is 15.9 Å². The van der Waals surface area contributed by atoms with E-state index in [1.165, 1.54) is 12.3 Å². The van der Waals surface area contributed by atoms with E-state index in [0.29, 0.717) is 21.1 Å². The van der Waals surface area contributed by atoms with Crippen molar-refractivity contribution in [2.45, 2.75) is 11.5 Å². The van der Waals surface area contributed by atoms with Crippen LogP contribution in [0, 0.1) is 0 Å². The summed E-state index contributed by atoms with van der Waals surface area (Å²) in [5, 5.41) is 3.15. The molecule has 1 N–H and O–H groups in total. The summed E-state index contributed by atoms with van der Waals surface area (Å²) < 4.78 is 29.5. The zero-order valence-electron chi connectivity index (χ0n) is 13.8. The molecule has 26 heavy (non-hydrogen) atoms. The van der Waals surface area contributed by atoms with Crippen molar-refractivity contribution in [2.75, 3.05) is 11.6 Å². The number of aromatic nitrogens is 1. The average molecular weight is 435 g/mol. The molecule has 0 atom stereocenters. The Morgan fingerprint density at radius 1 is 1.19 bits per heavy atom. The van der Waals surface area contributed by atoms with Crippen molar-refractivity contribution in [1.82, 2.24) is 4.98 Å². The maximum absolute atomic E-state index is 12.1. The number of benzene rings is 2. The lowest BCUT2D eigenvalue weighted by Crippen LogP contribution is -2.14. The van der Waals surface area contributed by atoms with Crippen LogP contribution in [0.25, 0.3) is 10.9 Å². The molecule has 0 radical (unpaired) electrons. The van der Waals surface area contributed by atoms with Gasteiger partial charge in [-0.15, -0.1) is 0 Å². The van der Waals surface area contributed by atoms with E-state index in [2.05, 4.69) is 26.2 Å². The molecule has 3 aromatic rings. The van der Waals surface area contributed by atoms with Gasteiger partial charge in [0.15, 0.2) is 9.84 Å². The van der Waals surface area contributed by atoms with Crippen molar-refractivity contribution < 1.29 is 17.9 Å². The third kappa shape index (κ3) is 4.20. The van der Waals surface area contributed by atoms with E-state index in [1.807, 2.05) is 30.3 Å². The van der Waals surface area contributed by atoms with Crippen LogP contribution in [-0.2, 0) is 21.2 Å². The quantitative estimate of drug-likeness (QED) is 0.666. The van der Waals surface area contributed by atoms with Crippen LogP contribution in [0.3, 0.4) is 0 Å². The molecular weight excluding hydrogens is 420 g/mol. The molecule has 8 heteroatoms. The molecule has 1 heterocycles. The van der Waals surface area contributed by atoms with Crippen molar-refractivity contribution in [1.29, 1.82) is 0 Å². The summed E-state index contributed by atoms with van der Waals surface area (Å²) in [5.41, 5.74) is 1.83. The molecule has 1 aromatic heterocycles. The highest BCUT2D eigenvalue weighted by atomic mass is 79.9. The zero-order chi connectivity index (χ0) is 18.7. The predicted molar refractivity (Wildman–Crippen MR) is 103 cm³/mol. The van der Waals surface area contributed by atoms with Gasteiger partial charge in [0.2, 0.25) is 0 Å². The van der Waals surface area contributed by atoms with Gasteiger partial charge in [-0.3, -0.25) is 10.3 Å². The van der Waals surface area contributed by atoms with Gasteiger partial charge in [-0.25, -0.2) is 13.2 Å². The van der Waals surface area contributed by atoms with E-state index >= 15 is 0 Å². The van der Waals surface area contributed by atoms with E-state index in [9.17, 15) is 13.2 Å². The van der Waals surface area contributed by atoms with Gasteiger partial charge in [0, 0.05) is 22.3 Å². The van der Waals surface area contributed by atoms with Gasteiger partial charge in [0.1, 0.15) is 6.61 Å². The Morgan fingerprint density at radius 3 is 2.62 bits per heavy atom. The maximum atomic E-state index is 12.1. The SMILES string of the molecule is CS(=O)(=O)c1cc2c(NC(=O)OCc3ccccc3)ccnc2cc1Br. The van der Waals surface area contributed by atoms with Crippen molar-refractivity contribution in [3.63, 3.8) is 0 Å². The van der Waals surface area contributed by atoms with Gasteiger partial charge >= 0.3 is 6.09 Å². The fourth-order valence-electron chi connectivity index (χ4n) is 2.41. The summed E-state index contributed by atoms with van der Waals surface area (Å²) in [6, 6.07) is 14.0. The Labute approximate surface area is 159 Å². The van der Waals surface area contributed by atoms with Gasteiger partial charge in [-0.2, -0.15) is 0 Å². The highest BCUT2D eigenvalue weighted by Crippen LogP contribution is 2.30. The molecule has 2 aromatic carbocycles. The Morgan fingerprint density at radius 2 is 1.92 bits per heavy atom.